The SMILES string of the molecule is CCNC1CCCN(Cc2cccc(OC)c2)C1=O. The Balaban J connectivity index is 2.02. The van der Waals surface area contributed by atoms with E-state index in [1.807, 2.05) is 36.1 Å². The predicted molar refractivity (Wildman–Crippen MR) is 75.1 cm³/mol. The van der Waals surface area contributed by atoms with Crippen LogP contribution in [0, 0.1) is 0 Å². The zero-order valence-electron chi connectivity index (χ0n) is 11.7. The van der Waals surface area contributed by atoms with Crippen LogP contribution >= 0.6 is 0 Å². The Kier molecular flexibility index (Phi) is 4.80. The molecule has 104 valence electrons. The smallest absolute Gasteiger partial charge is 0.240 e. The largest absolute Gasteiger partial charge is 0.497 e. The number of methoxy groups -OCH3 is 1. The monoisotopic (exact) mass is 262 g/mol. The molecular formula is C15H22N2O2. The van der Waals surface area contributed by atoms with Gasteiger partial charge in [-0.05, 0) is 37.1 Å². The van der Waals surface area contributed by atoms with Gasteiger partial charge in [-0.2, -0.15) is 0 Å². The van der Waals surface area contributed by atoms with Gasteiger partial charge in [0.1, 0.15) is 5.75 Å². The maximum absolute atomic E-state index is 12.3. The molecule has 0 saturated carbocycles. The van der Waals surface area contributed by atoms with E-state index in [0.29, 0.717) is 6.54 Å². The standard InChI is InChI=1S/C15H22N2O2/c1-3-16-14-8-5-9-17(15(14)18)11-12-6-4-7-13(10-12)19-2/h4,6-7,10,14,16H,3,5,8-9,11H2,1-2H3. The molecule has 0 spiro atoms. The van der Waals surface area contributed by atoms with Crippen molar-refractivity contribution in [3.05, 3.63) is 29.8 Å². The first-order chi connectivity index (χ1) is 9.24. The van der Waals surface area contributed by atoms with Gasteiger partial charge in [-0.25, -0.2) is 0 Å². The van der Waals surface area contributed by atoms with Gasteiger partial charge >= 0.3 is 0 Å². The van der Waals surface area contributed by atoms with E-state index in [9.17, 15) is 4.79 Å². The number of hydrogen-bond donors (Lipinski definition) is 1. The first kappa shape index (κ1) is 13.9. The van der Waals surface area contributed by atoms with Crippen LogP contribution in [0.4, 0.5) is 0 Å². The van der Waals surface area contributed by atoms with Gasteiger partial charge in [0, 0.05) is 13.1 Å². The molecule has 4 nitrogen and oxygen atoms in total. The summed E-state index contributed by atoms with van der Waals surface area (Å²) in [5.74, 6) is 1.06. The first-order valence-corrected chi connectivity index (χ1v) is 6.89. The molecule has 1 aliphatic rings. The zero-order valence-corrected chi connectivity index (χ0v) is 11.7. The number of nitrogens with zero attached hydrogens (tertiary/aromatic N) is 1. The Morgan fingerprint density at radius 1 is 1.47 bits per heavy atom. The van der Waals surface area contributed by atoms with Crippen molar-refractivity contribution in [2.75, 3.05) is 20.2 Å². The minimum absolute atomic E-state index is 0.00985. The number of likely N-dealkylation sites (tertiary alicyclic amines) is 1. The van der Waals surface area contributed by atoms with E-state index >= 15 is 0 Å². The maximum Gasteiger partial charge on any atom is 0.240 e. The molecule has 1 N–H and O–H groups in total. The third-order valence-corrected chi connectivity index (χ3v) is 3.49. The number of carbonyl (C=O) groups is 1. The molecule has 1 fully saturated rings. The van der Waals surface area contributed by atoms with Crippen LogP contribution in [-0.4, -0.2) is 37.0 Å². The van der Waals surface area contributed by atoms with Gasteiger partial charge in [-0.1, -0.05) is 19.1 Å². The lowest BCUT2D eigenvalue weighted by Gasteiger charge is -2.32. The molecule has 2 rings (SSSR count). The van der Waals surface area contributed by atoms with Gasteiger partial charge < -0.3 is 15.0 Å². The molecule has 1 heterocycles. The van der Waals surface area contributed by atoms with Crippen molar-refractivity contribution in [1.82, 2.24) is 10.2 Å². The Labute approximate surface area is 114 Å². The Morgan fingerprint density at radius 2 is 2.32 bits per heavy atom. The van der Waals surface area contributed by atoms with Crippen LogP contribution in [-0.2, 0) is 11.3 Å². The summed E-state index contributed by atoms with van der Waals surface area (Å²) in [6.07, 6.45) is 2.01. The number of ether oxygens (including phenoxy) is 1. The van der Waals surface area contributed by atoms with Crippen molar-refractivity contribution in [1.29, 1.82) is 0 Å². The van der Waals surface area contributed by atoms with Crippen molar-refractivity contribution in [3.8, 4) is 5.75 Å². The van der Waals surface area contributed by atoms with Crippen LogP contribution < -0.4 is 10.1 Å². The minimum atomic E-state index is -0.00985. The highest BCUT2D eigenvalue weighted by atomic mass is 16.5. The van der Waals surface area contributed by atoms with Crippen LogP contribution in [0.1, 0.15) is 25.3 Å². The second-order valence-corrected chi connectivity index (χ2v) is 4.86. The number of amides is 1. The summed E-state index contributed by atoms with van der Waals surface area (Å²) in [5.41, 5.74) is 1.12. The molecule has 1 atom stereocenters. The zero-order chi connectivity index (χ0) is 13.7. The second kappa shape index (κ2) is 6.57. The third-order valence-electron chi connectivity index (χ3n) is 3.49. The number of likely N-dealkylation sites (N-methyl/N-ethyl adjacent to an activating group) is 1. The molecule has 1 aromatic carbocycles. The van der Waals surface area contributed by atoms with E-state index in [4.69, 9.17) is 4.74 Å². The van der Waals surface area contributed by atoms with E-state index in [1.165, 1.54) is 0 Å². The van der Waals surface area contributed by atoms with Crippen LogP contribution in [0.5, 0.6) is 5.75 Å². The van der Waals surface area contributed by atoms with E-state index in [1.54, 1.807) is 7.11 Å². The maximum atomic E-state index is 12.3. The number of piperidine rings is 1. The van der Waals surface area contributed by atoms with E-state index in [-0.39, 0.29) is 11.9 Å². The van der Waals surface area contributed by atoms with Crippen LogP contribution in [0.2, 0.25) is 0 Å². The fourth-order valence-corrected chi connectivity index (χ4v) is 2.52. The van der Waals surface area contributed by atoms with Crippen molar-refractivity contribution in [2.45, 2.75) is 32.4 Å². The number of nitrogens with one attached hydrogen (secondary N) is 1. The Hall–Kier alpha value is -1.55. The molecule has 4 heteroatoms. The Bertz CT molecular complexity index is 432. The molecule has 0 radical (unpaired) electrons. The molecule has 1 aliphatic heterocycles. The lowest BCUT2D eigenvalue weighted by Crippen LogP contribution is -2.50. The van der Waals surface area contributed by atoms with Crippen LogP contribution in [0.25, 0.3) is 0 Å². The van der Waals surface area contributed by atoms with E-state index in [0.717, 1.165) is 37.2 Å². The second-order valence-electron chi connectivity index (χ2n) is 4.86. The molecule has 1 amide bonds. The number of benzene rings is 1. The summed E-state index contributed by atoms with van der Waals surface area (Å²) in [4.78, 5) is 14.2. The number of hydrogen-bond acceptors (Lipinski definition) is 3. The van der Waals surface area contributed by atoms with Gasteiger partial charge in [0.15, 0.2) is 0 Å². The summed E-state index contributed by atoms with van der Waals surface area (Å²) < 4.78 is 5.21. The van der Waals surface area contributed by atoms with Crippen molar-refractivity contribution in [3.63, 3.8) is 0 Å². The lowest BCUT2D eigenvalue weighted by atomic mass is 10.0. The quantitative estimate of drug-likeness (QED) is 0.879. The minimum Gasteiger partial charge on any atom is -0.497 e. The topological polar surface area (TPSA) is 41.6 Å². The fourth-order valence-electron chi connectivity index (χ4n) is 2.52. The van der Waals surface area contributed by atoms with Crippen LogP contribution in [0.3, 0.4) is 0 Å². The molecular weight excluding hydrogens is 240 g/mol. The van der Waals surface area contributed by atoms with Gasteiger partial charge in [0.25, 0.3) is 0 Å². The summed E-state index contributed by atoms with van der Waals surface area (Å²) >= 11 is 0. The molecule has 1 saturated heterocycles. The highest BCUT2D eigenvalue weighted by molar-refractivity contribution is 5.82. The summed E-state index contributed by atoms with van der Waals surface area (Å²) in [6, 6.07) is 7.90. The molecule has 1 aromatic rings. The molecule has 19 heavy (non-hydrogen) atoms. The summed E-state index contributed by atoms with van der Waals surface area (Å²) in [6.45, 7) is 4.38. The Morgan fingerprint density at radius 3 is 3.05 bits per heavy atom. The summed E-state index contributed by atoms with van der Waals surface area (Å²) in [5, 5.41) is 3.26. The highest BCUT2D eigenvalue weighted by Crippen LogP contribution is 2.18. The lowest BCUT2D eigenvalue weighted by molar-refractivity contribution is -0.136. The molecule has 0 aromatic heterocycles. The average molecular weight is 262 g/mol. The van der Waals surface area contributed by atoms with Gasteiger partial charge in [-0.3, -0.25) is 4.79 Å². The molecule has 0 bridgehead atoms. The van der Waals surface area contributed by atoms with E-state index < -0.39 is 0 Å². The van der Waals surface area contributed by atoms with Gasteiger partial charge in [0.2, 0.25) is 5.91 Å². The predicted octanol–water partition coefficient (Wildman–Crippen LogP) is 1.80. The first-order valence-electron chi connectivity index (χ1n) is 6.89. The van der Waals surface area contributed by atoms with Crippen molar-refractivity contribution in [2.24, 2.45) is 0 Å². The van der Waals surface area contributed by atoms with Crippen LogP contribution in [0.15, 0.2) is 24.3 Å². The third kappa shape index (κ3) is 3.47. The van der Waals surface area contributed by atoms with E-state index in [2.05, 4.69) is 5.32 Å². The fraction of sp³-hybridized carbons (Fsp3) is 0.533. The van der Waals surface area contributed by atoms with Crippen molar-refractivity contribution < 1.29 is 9.53 Å². The molecule has 1 unspecified atom stereocenters. The number of rotatable bonds is 5. The van der Waals surface area contributed by atoms with Crippen molar-refractivity contribution >= 4 is 5.91 Å². The average Bonchev–Trinajstić information content (AvgIpc) is 2.44. The van der Waals surface area contributed by atoms with Gasteiger partial charge in [-0.15, -0.1) is 0 Å². The summed E-state index contributed by atoms with van der Waals surface area (Å²) in [7, 11) is 1.66. The number of carbonyl (C=O) groups excluding carboxylic acids is 1. The molecule has 0 aliphatic carbocycles. The normalized spacial score (nSPS) is 19.6. The van der Waals surface area contributed by atoms with Gasteiger partial charge in [0.05, 0.1) is 13.2 Å². The highest BCUT2D eigenvalue weighted by Gasteiger charge is 2.27.